The Morgan fingerprint density at radius 2 is 1.73 bits per heavy atom. The lowest BCUT2D eigenvalue weighted by atomic mass is 9.71. The number of hydrogen-bond donors (Lipinski definition) is 0. The molecule has 0 N–H and O–H groups in total. The molecule has 1 saturated carbocycles. The highest BCUT2D eigenvalue weighted by Crippen LogP contribution is 2.47. The van der Waals surface area contributed by atoms with Crippen molar-refractivity contribution < 1.29 is 4.79 Å². The third-order valence-corrected chi connectivity index (χ3v) is 6.58. The van der Waals surface area contributed by atoms with Crippen molar-refractivity contribution in [2.24, 2.45) is 11.3 Å². The van der Waals surface area contributed by atoms with Crippen molar-refractivity contribution in [2.45, 2.75) is 65.2 Å². The molecule has 0 aliphatic heterocycles. The average Bonchev–Trinajstić information content (AvgIpc) is 1.99. The molecule has 0 aromatic carbocycles. The fraction of sp³-hybridized carbons (Fsp3) is 0.923. The first-order valence-corrected chi connectivity index (χ1v) is 9.74. The van der Waals surface area contributed by atoms with Gasteiger partial charge in [0.25, 0.3) is 0 Å². The van der Waals surface area contributed by atoms with E-state index >= 15 is 0 Å². The van der Waals surface area contributed by atoms with E-state index in [2.05, 4.69) is 40.4 Å². The van der Waals surface area contributed by atoms with Crippen molar-refractivity contribution in [2.75, 3.05) is 0 Å². The molecule has 0 heterocycles. The zero-order valence-electron chi connectivity index (χ0n) is 11.2. The second kappa shape index (κ2) is 4.04. The summed E-state index contributed by atoms with van der Waals surface area (Å²) < 4.78 is 0. The van der Waals surface area contributed by atoms with Gasteiger partial charge in [-0.2, -0.15) is 0 Å². The molecule has 0 spiro atoms. The molecule has 1 rings (SSSR count). The van der Waals surface area contributed by atoms with Gasteiger partial charge in [0.15, 0.2) is 0 Å². The summed E-state index contributed by atoms with van der Waals surface area (Å²) in [7, 11) is -1.19. The Labute approximate surface area is 95.7 Å². The molecule has 0 bridgehead atoms. The van der Waals surface area contributed by atoms with Crippen LogP contribution in [0.1, 0.15) is 40.0 Å². The zero-order chi connectivity index (χ0) is 11.9. The predicted molar refractivity (Wildman–Crippen MR) is 68.9 cm³/mol. The number of Topliss-reactive ketones (excluding diaryl/α,β-unsaturated/α-hetero) is 1. The van der Waals surface area contributed by atoms with Gasteiger partial charge in [-0.15, -0.1) is 0 Å². The molecule has 1 fully saturated rings. The third kappa shape index (κ3) is 2.93. The van der Waals surface area contributed by atoms with Gasteiger partial charge in [-0.1, -0.05) is 46.8 Å². The summed E-state index contributed by atoms with van der Waals surface area (Å²) in [6.45, 7) is 13.9. The van der Waals surface area contributed by atoms with E-state index in [0.717, 1.165) is 12.8 Å². The summed E-state index contributed by atoms with van der Waals surface area (Å²) in [5.41, 5.74) is 0.848. The number of ketones is 1. The summed E-state index contributed by atoms with van der Waals surface area (Å²) in [6.07, 6.45) is 3.23. The number of rotatable bonds is 1. The fourth-order valence-electron chi connectivity index (χ4n) is 3.06. The third-order valence-electron chi connectivity index (χ3n) is 3.73. The Morgan fingerprint density at radius 1 is 1.20 bits per heavy atom. The van der Waals surface area contributed by atoms with Crippen LogP contribution in [-0.4, -0.2) is 13.9 Å². The van der Waals surface area contributed by atoms with Crippen molar-refractivity contribution >= 4 is 13.9 Å². The summed E-state index contributed by atoms with van der Waals surface area (Å²) in [6, 6.07) is 0. The lowest BCUT2D eigenvalue weighted by Crippen LogP contribution is -2.44. The topological polar surface area (TPSA) is 17.1 Å². The molecular weight excluding hydrogens is 200 g/mol. The van der Waals surface area contributed by atoms with Gasteiger partial charge in [-0.3, -0.25) is 4.79 Å². The van der Waals surface area contributed by atoms with Crippen LogP contribution < -0.4 is 0 Å². The van der Waals surface area contributed by atoms with Crippen LogP contribution in [0.15, 0.2) is 0 Å². The number of carbonyl (C=O) groups excluding carboxylic acids is 1. The van der Waals surface area contributed by atoms with E-state index in [9.17, 15) is 4.79 Å². The van der Waals surface area contributed by atoms with Crippen molar-refractivity contribution in [3.05, 3.63) is 0 Å². The van der Waals surface area contributed by atoms with E-state index in [0.29, 0.717) is 17.2 Å². The number of hydrogen-bond acceptors (Lipinski definition) is 1. The first kappa shape index (κ1) is 13.0. The van der Waals surface area contributed by atoms with Gasteiger partial charge in [-0.05, 0) is 17.4 Å². The van der Waals surface area contributed by atoms with Gasteiger partial charge >= 0.3 is 0 Å². The Balaban J connectivity index is 2.98. The van der Waals surface area contributed by atoms with E-state index in [4.69, 9.17) is 0 Å². The fourth-order valence-corrected chi connectivity index (χ4v) is 5.82. The highest BCUT2D eigenvalue weighted by Gasteiger charge is 2.45. The first-order valence-electron chi connectivity index (χ1n) is 6.17. The molecular formula is C13H26OSi. The molecule has 0 amide bonds. The summed E-state index contributed by atoms with van der Waals surface area (Å²) in [4.78, 5) is 12.1. The van der Waals surface area contributed by atoms with Gasteiger partial charge in [0.1, 0.15) is 5.78 Å². The molecule has 0 aromatic heterocycles. The maximum Gasteiger partial charge on any atom is 0.136 e. The van der Waals surface area contributed by atoms with Crippen LogP contribution >= 0.6 is 0 Å². The van der Waals surface area contributed by atoms with E-state index < -0.39 is 8.07 Å². The molecule has 0 unspecified atom stereocenters. The second-order valence-corrected chi connectivity index (χ2v) is 12.6. The van der Waals surface area contributed by atoms with E-state index in [1.54, 1.807) is 0 Å². The van der Waals surface area contributed by atoms with Crippen LogP contribution in [0, 0.1) is 11.3 Å². The van der Waals surface area contributed by atoms with Crippen LogP contribution in [0.25, 0.3) is 0 Å². The normalized spacial score (nSPS) is 29.3. The summed E-state index contributed by atoms with van der Waals surface area (Å²) in [5.74, 6) is 0.846. The summed E-state index contributed by atoms with van der Waals surface area (Å²) in [5, 5.41) is 0. The molecule has 1 nitrogen and oxygen atoms in total. The quantitative estimate of drug-likeness (QED) is 0.615. The Bertz CT molecular complexity index is 244. The largest absolute Gasteiger partial charge is 0.299 e. The number of carbonyl (C=O) groups is 1. The monoisotopic (exact) mass is 226 g/mol. The van der Waals surface area contributed by atoms with Crippen molar-refractivity contribution in [1.82, 2.24) is 0 Å². The second-order valence-electron chi connectivity index (χ2n) is 7.17. The smallest absolute Gasteiger partial charge is 0.136 e. The zero-order valence-corrected chi connectivity index (χ0v) is 12.2. The van der Waals surface area contributed by atoms with Gasteiger partial charge in [0.2, 0.25) is 0 Å². The Kier molecular flexibility index (Phi) is 3.49. The molecule has 2 atom stereocenters. The van der Waals surface area contributed by atoms with Crippen molar-refractivity contribution in [3.63, 3.8) is 0 Å². The molecule has 1 aliphatic carbocycles. The average molecular weight is 226 g/mol. The predicted octanol–water partition coefficient (Wildman–Crippen LogP) is 4.11. The van der Waals surface area contributed by atoms with Crippen LogP contribution in [-0.2, 0) is 4.79 Å². The Hall–Kier alpha value is -0.113. The van der Waals surface area contributed by atoms with Crippen LogP contribution in [0.5, 0.6) is 0 Å². The molecule has 0 saturated heterocycles. The van der Waals surface area contributed by atoms with E-state index in [1.807, 2.05) is 0 Å². The molecule has 2 heteroatoms. The van der Waals surface area contributed by atoms with Gasteiger partial charge in [-0.25, -0.2) is 0 Å². The summed E-state index contributed by atoms with van der Waals surface area (Å²) >= 11 is 0. The molecule has 88 valence electrons. The van der Waals surface area contributed by atoms with Crippen molar-refractivity contribution in [3.8, 4) is 0 Å². The minimum absolute atomic E-state index is 0.155. The first-order chi connectivity index (χ1) is 6.64. The highest BCUT2D eigenvalue weighted by atomic mass is 28.3. The lowest BCUT2D eigenvalue weighted by Gasteiger charge is -2.44. The molecule has 1 aliphatic rings. The van der Waals surface area contributed by atoms with E-state index in [-0.39, 0.29) is 5.41 Å². The van der Waals surface area contributed by atoms with Gasteiger partial charge in [0.05, 0.1) is 0 Å². The van der Waals surface area contributed by atoms with Crippen LogP contribution in [0.4, 0.5) is 0 Å². The molecule has 0 aromatic rings. The minimum Gasteiger partial charge on any atom is -0.299 e. The standard InChI is InChI=1S/C13H26OSi/c1-13(2,3)12-10(14)8-7-9-11(12)15(4,5)6/h11-12H,7-9H2,1-6H3/t11-,12+/m0/s1. The SMILES string of the molecule is CC(C)(C)[C@@H]1C(=O)CCC[C@@H]1[Si](C)(C)C. The molecule has 15 heavy (non-hydrogen) atoms. The van der Waals surface area contributed by atoms with Crippen molar-refractivity contribution in [1.29, 1.82) is 0 Å². The lowest BCUT2D eigenvalue weighted by molar-refractivity contribution is -0.128. The Morgan fingerprint density at radius 3 is 2.07 bits per heavy atom. The maximum atomic E-state index is 12.1. The highest BCUT2D eigenvalue weighted by molar-refractivity contribution is 6.77. The van der Waals surface area contributed by atoms with Gasteiger partial charge in [0, 0.05) is 20.4 Å². The minimum atomic E-state index is -1.19. The van der Waals surface area contributed by atoms with Crippen LogP contribution in [0.3, 0.4) is 0 Å². The molecule has 0 radical (unpaired) electrons. The maximum absolute atomic E-state index is 12.1. The van der Waals surface area contributed by atoms with Gasteiger partial charge < -0.3 is 0 Å². The van der Waals surface area contributed by atoms with E-state index in [1.165, 1.54) is 6.42 Å². The van der Waals surface area contributed by atoms with Crippen LogP contribution in [0.2, 0.25) is 25.2 Å².